The molecule has 21 heavy (non-hydrogen) atoms. The van der Waals surface area contributed by atoms with Gasteiger partial charge in [0, 0.05) is 0 Å². The molecule has 2 aromatic rings. The Morgan fingerprint density at radius 2 is 1.76 bits per heavy atom. The van der Waals surface area contributed by atoms with Gasteiger partial charge in [-0.25, -0.2) is 22.0 Å². The van der Waals surface area contributed by atoms with E-state index in [1.165, 1.54) is 24.3 Å². The van der Waals surface area contributed by atoms with E-state index in [1.54, 1.807) is 0 Å². The van der Waals surface area contributed by atoms with Gasteiger partial charge in [-0.15, -0.1) is 11.3 Å². The van der Waals surface area contributed by atoms with Crippen molar-refractivity contribution < 1.29 is 16.8 Å². The highest BCUT2D eigenvalue weighted by molar-refractivity contribution is 7.93. The smallest absolute Gasteiger partial charge is 0.264 e. The minimum absolute atomic E-state index is 0.00935. The van der Waals surface area contributed by atoms with Crippen molar-refractivity contribution in [2.24, 2.45) is 5.14 Å². The Balaban J connectivity index is 2.40. The van der Waals surface area contributed by atoms with Crippen LogP contribution in [-0.2, 0) is 20.0 Å². The molecule has 0 amide bonds. The van der Waals surface area contributed by atoms with Crippen molar-refractivity contribution >= 4 is 60.3 Å². The molecular formula is C10H8Cl2N2O4S3. The van der Waals surface area contributed by atoms with Gasteiger partial charge in [0.05, 0.1) is 14.9 Å². The zero-order valence-electron chi connectivity index (χ0n) is 10.1. The molecule has 0 aliphatic heterocycles. The van der Waals surface area contributed by atoms with Gasteiger partial charge in [-0.3, -0.25) is 4.72 Å². The monoisotopic (exact) mass is 386 g/mol. The molecule has 0 aliphatic carbocycles. The third-order valence-corrected chi connectivity index (χ3v) is 6.38. The predicted octanol–water partition coefficient (Wildman–Crippen LogP) is 2.50. The number of hydrogen-bond donors (Lipinski definition) is 2. The molecule has 2 rings (SSSR count). The van der Waals surface area contributed by atoms with Crippen LogP contribution in [0.3, 0.4) is 0 Å². The number of halogens is 2. The maximum Gasteiger partial charge on any atom is 0.264 e. The highest BCUT2D eigenvalue weighted by Crippen LogP contribution is 2.35. The molecule has 0 unspecified atom stereocenters. The quantitative estimate of drug-likeness (QED) is 0.841. The van der Waals surface area contributed by atoms with Gasteiger partial charge in [-0.1, -0.05) is 29.3 Å². The largest absolute Gasteiger partial charge is 0.280 e. The minimum Gasteiger partial charge on any atom is -0.280 e. The zero-order valence-corrected chi connectivity index (χ0v) is 14.0. The van der Waals surface area contributed by atoms with Crippen LogP contribution < -0.4 is 9.86 Å². The average molecular weight is 387 g/mol. The number of nitrogens with two attached hydrogens (primary N) is 1. The van der Waals surface area contributed by atoms with Crippen molar-refractivity contribution in [3.63, 3.8) is 0 Å². The summed E-state index contributed by atoms with van der Waals surface area (Å²) >= 11 is 12.4. The van der Waals surface area contributed by atoms with E-state index in [4.69, 9.17) is 28.3 Å². The molecular weight excluding hydrogens is 379 g/mol. The van der Waals surface area contributed by atoms with Crippen molar-refractivity contribution in [1.29, 1.82) is 0 Å². The number of anilines is 1. The van der Waals surface area contributed by atoms with E-state index in [-0.39, 0.29) is 24.2 Å². The van der Waals surface area contributed by atoms with Crippen molar-refractivity contribution in [2.75, 3.05) is 4.72 Å². The molecule has 1 aromatic carbocycles. The lowest BCUT2D eigenvalue weighted by Crippen LogP contribution is -2.15. The average Bonchev–Trinajstić information content (AvgIpc) is 2.68. The summed E-state index contributed by atoms with van der Waals surface area (Å²) in [6, 6.07) is 6.31. The van der Waals surface area contributed by atoms with E-state index in [1.807, 2.05) is 0 Å². The summed E-state index contributed by atoms with van der Waals surface area (Å²) < 4.78 is 49.3. The number of benzene rings is 1. The molecule has 114 valence electrons. The predicted molar refractivity (Wildman–Crippen MR) is 83.0 cm³/mol. The van der Waals surface area contributed by atoms with Gasteiger partial charge in [0.15, 0.2) is 0 Å². The number of primary sulfonamides is 1. The Kier molecular flexibility index (Phi) is 4.52. The molecule has 1 aromatic heterocycles. The molecule has 0 aliphatic rings. The molecule has 0 saturated heterocycles. The number of sulfonamides is 2. The lowest BCUT2D eigenvalue weighted by molar-refractivity contribution is 0.596. The van der Waals surface area contributed by atoms with Crippen LogP contribution >= 0.6 is 34.5 Å². The Bertz CT molecular complexity index is 891. The number of thiophene rings is 1. The van der Waals surface area contributed by atoms with Crippen LogP contribution in [0.2, 0.25) is 8.67 Å². The van der Waals surface area contributed by atoms with Crippen LogP contribution in [0.1, 0.15) is 0 Å². The topological polar surface area (TPSA) is 106 Å². The van der Waals surface area contributed by atoms with E-state index in [2.05, 4.69) is 4.72 Å². The summed E-state index contributed by atoms with van der Waals surface area (Å²) in [6.07, 6.45) is 0. The van der Waals surface area contributed by atoms with Crippen LogP contribution in [0.5, 0.6) is 0 Å². The lowest BCUT2D eigenvalue weighted by atomic mass is 10.3. The fourth-order valence-electron chi connectivity index (χ4n) is 1.46. The minimum atomic E-state index is -3.98. The molecule has 11 heteroatoms. The number of nitrogens with one attached hydrogen (secondary N) is 1. The third kappa shape index (κ3) is 3.87. The normalized spacial score (nSPS) is 12.3. The molecule has 0 spiro atoms. The van der Waals surface area contributed by atoms with Gasteiger partial charge in [0.1, 0.15) is 9.23 Å². The summed E-state index contributed by atoms with van der Waals surface area (Å²) in [5.41, 5.74) is 0.0416. The molecule has 0 atom stereocenters. The fraction of sp³-hybridized carbons (Fsp3) is 0. The first-order chi connectivity index (χ1) is 9.59. The lowest BCUT2D eigenvalue weighted by Gasteiger charge is -2.08. The van der Waals surface area contributed by atoms with Crippen molar-refractivity contribution in [3.8, 4) is 0 Å². The van der Waals surface area contributed by atoms with E-state index in [0.717, 1.165) is 17.4 Å². The Morgan fingerprint density at radius 1 is 1.10 bits per heavy atom. The highest BCUT2D eigenvalue weighted by Gasteiger charge is 2.21. The molecule has 3 N–H and O–H groups in total. The Labute approximate surface area is 135 Å². The standard InChI is InChI=1S/C10H8Cl2N2O4S3/c11-9-5-8(10(12)19-9)21(17,18)14-6-2-1-3-7(4-6)20(13,15)16/h1-5,14H,(H2,13,15,16). The van der Waals surface area contributed by atoms with Crippen molar-refractivity contribution in [1.82, 2.24) is 0 Å². The van der Waals surface area contributed by atoms with Gasteiger partial charge < -0.3 is 0 Å². The van der Waals surface area contributed by atoms with Crippen LogP contribution in [0.25, 0.3) is 0 Å². The maximum atomic E-state index is 12.2. The van der Waals surface area contributed by atoms with Crippen LogP contribution in [0.4, 0.5) is 5.69 Å². The van der Waals surface area contributed by atoms with Gasteiger partial charge in [0.2, 0.25) is 10.0 Å². The second-order valence-electron chi connectivity index (χ2n) is 3.87. The Hall–Kier alpha value is -0.840. The van der Waals surface area contributed by atoms with Crippen LogP contribution in [-0.4, -0.2) is 16.8 Å². The summed E-state index contributed by atoms with van der Waals surface area (Å²) in [4.78, 5) is -0.391. The van der Waals surface area contributed by atoms with Crippen LogP contribution in [0, 0.1) is 0 Å². The SMILES string of the molecule is NS(=O)(=O)c1cccc(NS(=O)(=O)c2cc(Cl)sc2Cl)c1. The van der Waals surface area contributed by atoms with E-state index in [9.17, 15) is 16.8 Å². The maximum absolute atomic E-state index is 12.2. The molecule has 0 radical (unpaired) electrons. The van der Waals surface area contributed by atoms with Crippen LogP contribution in [0.15, 0.2) is 40.1 Å². The third-order valence-electron chi connectivity index (χ3n) is 2.33. The first-order valence-corrected chi connectivity index (χ1v) is 9.80. The van der Waals surface area contributed by atoms with Crippen molar-refractivity contribution in [2.45, 2.75) is 9.79 Å². The Morgan fingerprint density at radius 3 is 2.29 bits per heavy atom. The number of rotatable bonds is 4. The summed E-state index contributed by atoms with van der Waals surface area (Å²) in [5, 5.41) is 4.99. The van der Waals surface area contributed by atoms with Gasteiger partial charge >= 0.3 is 0 Å². The van der Waals surface area contributed by atoms with E-state index in [0.29, 0.717) is 0 Å². The summed E-state index contributed by atoms with van der Waals surface area (Å²) in [5.74, 6) is 0. The molecule has 6 nitrogen and oxygen atoms in total. The zero-order chi connectivity index (χ0) is 15.8. The second-order valence-corrected chi connectivity index (χ2v) is 9.36. The van der Waals surface area contributed by atoms with Gasteiger partial charge in [0.25, 0.3) is 10.0 Å². The molecule has 0 bridgehead atoms. The number of hydrogen-bond acceptors (Lipinski definition) is 5. The van der Waals surface area contributed by atoms with Gasteiger partial charge in [-0.2, -0.15) is 0 Å². The van der Waals surface area contributed by atoms with Crippen molar-refractivity contribution in [3.05, 3.63) is 39.0 Å². The summed E-state index contributed by atoms with van der Waals surface area (Å²) in [6.45, 7) is 0. The van der Waals surface area contributed by atoms with E-state index < -0.39 is 20.0 Å². The summed E-state index contributed by atoms with van der Waals surface area (Å²) in [7, 11) is -7.91. The first kappa shape index (κ1) is 16.5. The highest BCUT2D eigenvalue weighted by atomic mass is 35.5. The molecule has 0 fully saturated rings. The second kappa shape index (κ2) is 5.75. The first-order valence-electron chi connectivity index (χ1n) is 5.20. The molecule has 0 saturated carbocycles. The van der Waals surface area contributed by atoms with E-state index >= 15 is 0 Å². The fourth-order valence-corrected chi connectivity index (χ4v) is 5.21. The van der Waals surface area contributed by atoms with Gasteiger partial charge in [-0.05, 0) is 24.3 Å². The molecule has 1 heterocycles.